The summed E-state index contributed by atoms with van der Waals surface area (Å²) in [7, 11) is 0. The second kappa shape index (κ2) is 9.11. The van der Waals surface area contributed by atoms with Crippen LogP contribution in [-0.4, -0.2) is 51.2 Å². The van der Waals surface area contributed by atoms with E-state index in [0.29, 0.717) is 31.7 Å². The average Bonchev–Trinajstić information content (AvgIpc) is 3.18. The molecular formula is C18H23FN6O2. The van der Waals surface area contributed by atoms with Crippen LogP contribution < -0.4 is 10.6 Å². The largest absolute Gasteiger partial charge is 0.342 e. The molecule has 2 N–H and O–H groups in total. The topological polar surface area (TPSA) is 92.2 Å². The third-order valence-corrected chi connectivity index (χ3v) is 4.53. The van der Waals surface area contributed by atoms with Crippen LogP contribution in [0, 0.1) is 11.7 Å². The van der Waals surface area contributed by atoms with Gasteiger partial charge in [0.2, 0.25) is 5.91 Å². The molecule has 0 aliphatic carbocycles. The van der Waals surface area contributed by atoms with Crippen molar-refractivity contribution >= 4 is 17.6 Å². The van der Waals surface area contributed by atoms with Crippen LogP contribution >= 0.6 is 0 Å². The highest BCUT2D eigenvalue weighted by molar-refractivity contribution is 5.89. The average molecular weight is 374 g/mol. The molecule has 0 bridgehead atoms. The summed E-state index contributed by atoms with van der Waals surface area (Å²) in [5, 5.41) is 9.40. The number of aryl methyl sites for hydroxylation is 1. The number of halogens is 1. The second-order valence-corrected chi connectivity index (χ2v) is 6.60. The number of aromatic nitrogens is 3. The number of anilines is 1. The highest BCUT2D eigenvalue weighted by Gasteiger charge is 2.23. The molecule has 0 saturated carbocycles. The zero-order valence-corrected chi connectivity index (χ0v) is 15.0. The van der Waals surface area contributed by atoms with Gasteiger partial charge in [-0.1, -0.05) is 6.07 Å². The number of amides is 3. The van der Waals surface area contributed by atoms with E-state index in [1.165, 1.54) is 24.5 Å². The Balaban J connectivity index is 1.41. The molecule has 1 saturated heterocycles. The van der Waals surface area contributed by atoms with Crippen molar-refractivity contribution in [2.45, 2.75) is 25.8 Å². The summed E-state index contributed by atoms with van der Waals surface area (Å²) in [5.74, 6) is -0.119. The molecule has 0 radical (unpaired) electrons. The lowest BCUT2D eigenvalue weighted by Crippen LogP contribution is -2.44. The molecule has 2 heterocycles. The maximum Gasteiger partial charge on any atom is 0.319 e. The van der Waals surface area contributed by atoms with Gasteiger partial charge in [-0.3, -0.25) is 9.48 Å². The van der Waals surface area contributed by atoms with Gasteiger partial charge in [0.05, 0.1) is 6.54 Å². The number of nitrogens with one attached hydrogen (secondary N) is 2. The van der Waals surface area contributed by atoms with Gasteiger partial charge in [0, 0.05) is 31.7 Å². The molecule has 9 heteroatoms. The molecule has 1 aromatic heterocycles. The summed E-state index contributed by atoms with van der Waals surface area (Å²) in [5.41, 5.74) is 0.404. The van der Waals surface area contributed by atoms with E-state index in [9.17, 15) is 14.0 Å². The minimum absolute atomic E-state index is 0.0828. The molecule has 0 spiro atoms. The number of carbonyl (C=O) groups excluding carboxylic acids is 2. The summed E-state index contributed by atoms with van der Waals surface area (Å²) >= 11 is 0. The van der Waals surface area contributed by atoms with Gasteiger partial charge in [-0.15, -0.1) is 0 Å². The highest BCUT2D eigenvalue weighted by atomic mass is 19.1. The normalized spacial score (nSPS) is 16.8. The Morgan fingerprint density at radius 1 is 1.33 bits per heavy atom. The van der Waals surface area contributed by atoms with Crippen LogP contribution in [0.25, 0.3) is 0 Å². The molecule has 144 valence electrons. The number of piperidine rings is 1. The SMILES string of the molecule is O=C(NCC1CCCN(C(=O)CCn2cncn2)C1)Nc1cccc(F)c1. The van der Waals surface area contributed by atoms with E-state index >= 15 is 0 Å². The van der Waals surface area contributed by atoms with Crippen LogP contribution in [0.3, 0.4) is 0 Å². The Morgan fingerprint density at radius 2 is 2.22 bits per heavy atom. The van der Waals surface area contributed by atoms with Crippen molar-refractivity contribution in [3.8, 4) is 0 Å². The van der Waals surface area contributed by atoms with Crippen LogP contribution in [0.15, 0.2) is 36.9 Å². The summed E-state index contributed by atoms with van der Waals surface area (Å²) < 4.78 is 14.8. The van der Waals surface area contributed by atoms with E-state index in [0.717, 1.165) is 19.4 Å². The molecular weight excluding hydrogens is 351 g/mol. The lowest BCUT2D eigenvalue weighted by Gasteiger charge is -2.33. The smallest absolute Gasteiger partial charge is 0.319 e. The van der Waals surface area contributed by atoms with Gasteiger partial charge in [0.1, 0.15) is 18.5 Å². The van der Waals surface area contributed by atoms with Crippen molar-refractivity contribution < 1.29 is 14.0 Å². The predicted octanol–water partition coefficient (Wildman–Crippen LogP) is 1.87. The third kappa shape index (κ3) is 5.77. The monoisotopic (exact) mass is 374 g/mol. The summed E-state index contributed by atoms with van der Waals surface area (Å²) in [4.78, 5) is 30.1. The minimum atomic E-state index is -0.403. The molecule has 1 unspecified atom stereocenters. The van der Waals surface area contributed by atoms with Crippen LogP contribution in [0.2, 0.25) is 0 Å². The molecule has 3 rings (SSSR count). The minimum Gasteiger partial charge on any atom is -0.342 e. The van der Waals surface area contributed by atoms with Gasteiger partial charge in [0.15, 0.2) is 0 Å². The molecule has 1 atom stereocenters. The number of benzene rings is 1. The number of urea groups is 1. The van der Waals surface area contributed by atoms with Gasteiger partial charge in [-0.05, 0) is 37.0 Å². The number of rotatable bonds is 6. The zero-order chi connectivity index (χ0) is 19.1. The van der Waals surface area contributed by atoms with Crippen molar-refractivity contribution in [3.63, 3.8) is 0 Å². The first-order chi connectivity index (χ1) is 13.1. The van der Waals surface area contributed by atoms with Crippen molar-refractivity contribution in [2.24, 2.45) is 5.92 Å². The number of nitrogens with zero attached hydrogens (tertiary/aromatic N) is 4. The fourth-order valence-corrected chi connectivity index (χ4v) is 3.15. The Labute approximate surface area is 156 Å². The fraction of sp³-hybridized carbons (Fsp3) is 0.444. The van der Waals surface area contributed by atoms with E-state index < -0.39 is 5.82 Å². The summed E-state index contributed by atoms with van der Waals surface area (Å²) in [6, 6.07) is 5.36. The lowest BCUT2D eigenvalue weighted by molar-refractivity contribution is -0.133. The molecule has 1 aliphatic rings. The van der Waals surface area contributed by atoms with E-state index in [4.69, 9.17) is 0 Å². The first-order valence-corrected chi connectivity index (χ1v) is 9.01. The molecule has 27 heavy (non-hydrogen) atoms. The molecule has 3 amide bonds. The fourth-order valence-electron chi connectivity index (χ4n) is 3.15. The first kappa shape index (κ1) is 18.8. The number of hydrogen-bond acceptors (Lipinski definition) is 4. The van der Waals surface area contributed by atoms with Crippen molar-refractivity contribution in [2.75, 3.05) is 25.0 Å². The Bertz CT molecular complexity index is 767. The van der Waals surface area contributed by atoms with E-state index in [1.807, 2.05) is 4.90 Å². The van der Waals surface area contributed by atoms with Crippen LogP contribution in [-0.2, 0) is 11.3 Å². The standard InChI is InChI=1S/C18H23FN6O2/c19-15-4-1-5-16(9-15)23-18(27)21-10-14-3-2-7-24(11-14)17(26)6-8-25-13-20-12-22-25/h1,4-5,9,12-14H,2-3,6-8,10-11H2,(H2,21,23,27). The molecule has 1 aromatic carbocycles. The van der Waals surface area contributed by atoms with Gasteiger partial charge >= 0.3 is 6.03 Å². The molecule has 2 aromatic rings. The third-order valence-electron chi connectivity index (χ3n) is 4.53. The predicted molar refractivity (Wildman–Crippen MR) is 97.4 cm³/mol. The van der Waals surface area contributed by atoms with Crippen LogP contribution in [0.1, 0.15) is 19.3 Å². The number of hydrogen-bond donors (Lipinski definition) is 2. The Morgan fingerprint density at radius 3 is 3.00 bits per heavy atom. The van der Waals surface area contributed by atoms with Gasteiger partial charge < -0.3 is 15.5 Å². The van der Waals surface area contributed by atoms with E-state index in [2.05, 4.69) is 20.7 Å². The highest BCUT2D eigenvalue weighted by Crippen LogP contribution is 2.17. The van der Waals surface area contributed by atoms with Gasteiger partial charge in [0.25, 0.3) is 0 Å². The Hall–Kier alpha value is -2.97. The van der Waals surface area contributed by atoms with E-state index in [-0.39, 0.29) is 17.9 Å². The van der Waals surface area contributed by atoms with Gasteiger partial charge in [-0.25, -0.2) is 14.2 Å². The quantitative estimate of drug-likeness (QED) is 0.807. The van der Waals surface area contributed by atoms with E-state index in [1.54, 1.807) is 17.1 Å². The maximum atomic E-state index is 13.1. The zero-order valence-electron chi connectivity index (χ0n) is 15.0. The summed E-state index contributed by atoms with van der Waals surface area (Å²) in [6.45, 7) is 2.33. The van der Waals surface area contributed by atoms with Crippen molar-refractivity contribution in [3.05, 3.63) is 42.7 Å². The van der Waals surface area contributed by atoms with Crippen molar-refractivity contribution in [1.29, 1.82) is 0 Å². The Kier molecular flexibility index (Phi) is 6.35. The molecule has 8 nitrogen and oxygen atoms in total. The first-order valence-electron chi connectivity index (χ1n) is 9.01. The number of carbonyl (C=O) groups is 2. The lowest BCUT2D eigenvalue weighted by atomic mass is 9.98. The molecule has 1 fully saturated rings. The van der Waals surface area contributed by atoms with Crippen LogP contribution in [0.4, 0.5) is 14.9 Å². The van der Waals surface area contributed by atoms with Crippen molar-refractivity contribution in [1.82, 2.24) is 25.0 Å². The van der Waals surface area contributed by atoms with Crippen LogP contribution in [0.5, 0.6) is 0 Å². The second-order valence-electron chi connectivity index (χ2n) is 6.60. The number of likely N-dealkylation sites (tertiary alicyclic amines) is 1. The van der Waals surface area contributed by atoms with Gasteiger partial charge in [-0.2, -0.15) is 5.10 Å². The molecule has 1 aliphatic heterocycles. The summed E-state index contributed by atoms with van der Waals surface area (Å²) in [6.07, 6.45) is 5.28. The maximum absolute atomic E-state index is 13.1.